The van der Waals surface area contributed by atoms with E-state index in [1.807, 2.05) is 0 Å². The van der Waals surface area contributed by atoms with Gasteiger partial charge in [0.25, 0.3) is 0 Å². The molecule has 2 N–H and O–H groups in total. The SMILES string of the molecule is CCCCCCCCCCCCCCCCCCCCCCCCCCC(O)CCC(=O)O. The molecule has 0 spiro atoms. The quantitative estimate of drug-likeness (QED) is 0.112. The zero-order valence-electron chi connectivity index (χ0n) is 22.5. The van der Waals surface area contributed by atoms with Crippen LogP contribution >= 0.6 is 0 Å². The monoisotopic (exact) mass is 468 g/mol. The van der Waals surface area contributed by atoms with Gasteiger partial charge in [0.1, 0.15) is 0 Å². The van der Waals surface area contributed by atoms with Crippen molar-refractivity contribution in [2.24, 2.45) is 0 Å². The zero-order chi connectivity index (χ0) is 24.2. The molecule has 0 aromatic heterocycles. The van der Waals surface area contributed by atoms with Gasteiger partial charge in [-0.3, -0.25) is 4.79 Å². The van der Waals surface area contributed by atoms with Crippen LogP contribution in [0.15, 0.2) is 0 Å². The number of unbranched alkanes of at least 4 members (excludes halogenated alkanes) is 23. The number of carboxylic acids is 1. The second kappa shape index (κ2) is 27.7. The van der Waals surface area contributed by atoms with Crippen molar-refractivity contribution in [3.8, 4) is 0 Å². The fraction of sp³-hybridized carbons (Fsp3) is 0.967. The molecule has 0 aliphatic heterocycles. The second-order valence-electron chi connectivity index (χ2n) is 10.5. The molecule has 0 aromatic rings. The Morgan fingerprint density at radius 2 is 0.758 bits per heavy atom. The largest absolute Gasteiger partial charge is 0.481 e. The van der Waals surface area contributed by atoms with Gasteiger partial charge in [0.2, 0.25) is 0 Å². The van der Waals surface area contributed by atoms with Gasteiger partial charge in [-0.15, -0.1) is 0 Å². The van der Waals surface area contributed by atoms with Gasteiger partial charge >= 0.3 is 5.97 Å². The lowest BCUT2D eigenvalue weighted by atomic mass is 10.0. The van der Waals surface area contributed by atoms with Crippen LogP contribution in [0.3, 0.4) is 0 Å². The van der Waals surface area contributed by atoms with Crippen LogP contribution < -0.4 is 0 Å². The van der Waals surface area contributed by atoms with Crippen molar-refractivity contribution in [3.63, 3.8) is 0 Å². The molecule has 0 aliphatic carbocycles. The topological polar surface area (TPSA) is 57.5 Å². The average molecular weight is 469 g/mol. The highest BCUT2D eigenvalue weighted by Gasteiger charge is 2.06. The van der Waals surface area contributed by atoms with Gasteiger partial charge in [-0.2, -0.15) is 0 Å². The third kappa shape index (κ3) is 29.4. The van der Waals surface area contributed by atoms with E-state index < -0.39 is 12.1 Å². The molecule has 0 bridgehead atoms. The maximum Gasteiger partial charge on any atom is 0.303 e. The first-order valence-electron chi connectivity index (χ1n) is 15.1. The third-order valence-corrected chi connectivity index (χ3v) is 7.08. The lowest BCUT2D eigenvalue weighted by Crippen LogP contribution is -2.09. The molecular formula is C30H60O3. The molecule has 0 rings (SSSR count). The van der Waals surface area contributed by atoms with Crippen LogP contribution in [-0.4, -0.2) is 22.3 Å². The Morgan fingerprint density at radius 3 is 1.03 bits per heavy atom. The molecule has 0 radical (unpaired) electrons. The van der Waals surface area contributed by atoms with E-state index in [0.29, 0.717) is 6.42 Å². The van der Waals surface area contributed by atoms with E-state index in [0.717, 1.165) is 12.8 Å². The second-order valence-corrected chi connectivity index (χ2v) is 10.5. The third-order valence-electron chi connectivity index (χ3n) is 7.08. The van der Waals surface area contributed by atoms with E-state index in [1.165, 1.54) is 148 Å². The minimum atomic E-state index is -0.811. The van der Waals surface area contributed by atoms with E-state index in [2.05, 4.69) is 6.92 Å². The molecule has 0 saturated carbocycles. The van der Waals surface area contributed by atoms with E-state index in [1.54, 1.807) is 0 Å². The van der Waals surface area contributed by atoms with Crippen molar-refractivity contribution in [2.45, 2.75) is 186 Å². The van der Waals surface area contributed by atoms with Gasteiger partial charge in [-0.05, 0) is 12.8 Å². The molecular weight excluding hydrogens is 408 g/mol. The number of carboxylic acid groups (broad SMARTS) is 1. The maximum absolute atomic E-state index is 10.5. The number of hydrogen-bond acceptors (Lipinski definition) is 2. The van der Waals surface area contributed by atoms with Gasteiger partial charge in [0.05, 0.1) is 6.10 Å². The number of aliphatic carboxylic acids is 1. The summed E-state index contributed by atoms with van der Waals surface area (Å²) < 4.78 is 0. The molecule has 1 unspecified atom stereocenters. The fourth-order valence-corrected chi connectivity index (χ4v) is 4.78. The van der Waals surface area contributed by atoms with Gasteiger partial charge in [0, 0.05) is 6.42 Å². The first-order valence-corrected chi connectivity index (χ1v) is 15.1. The summed E-state index contributed by atoms with van der Waals surface area (Å²) in [6.07, 6.45) is 34.2. The maximum atomic E-state index is 10.5. The van der Waals surface area contributed by atoms with Crippen molar-refractivity contribution in [1.82, 2.24) is 0 Å². The number of aliphatic hydroxyl groups excluding tert-OH is 1. The lowest BCUT2D eigenvalue weighted by Gasteiger charge is -2.08. The Hall–Kier alpha value is -0.570. The van der Waals surface area contributed by atoms with Crippen molar-refractivity contribution in [2.75, 3.05) is 0 Å². The first kappa shape index (κ1) is 32.4. The summed E-state index contributed by atoms with van der Waals surface area (Å²) in [7, 11) is 0. The first-order chi connectivity index (χ1) is 16.2. The number of aliphatic hydroxyl groups is 1. The molecule has 0 aromatic carbocycles. The molecule has 0 fully saturated rings. The Balaban J connectivity index is 3.07. The molecule has 198 valence electrons. The van der Waals surface area contributed by atoms with Crippen LogP contribution in [-0.2, 0) is 4.79 Å². The molecule has 1 atom stereocenters. The molecule has 3 nitrogen and oxygen atoms in total. The Bertz CT molecular complexity index is 383. The smallest absolute Gasteiger partial charge is 0.303 e. The van der Waals surface area contributed by atoms with E-state index in [-0.39, 0.29) is 6.42 Å². The minimum absolute atomic E-state index is 0.0839. The van der Waals surface area contributed by atoms with Crippen LogP contribution in [0.2, 0.25) is 0 Å². The molecule has 0 heterocycles. The fourth-order valence-electron chi connectivity index (χ4n) is 4.78. The van der Waals surface area contributed by atoms with Crippen LogP contribution in [0.4, 0.5) is 0 Å². The number of rotatable bonds is 28. The summed E-state index contributed by atoms with van der Waals surface area (Å²) in [6, 6.07) is 0. The summed E-state index contributed by atoms with van der Waals surface area (Å²) in [6.45, 7) is 2.29. The summed E-state index contributed by atoms with van der Waals surface area (Å²) >= 11 is 0. The molecule has 33 heavy (non-hydrogen) atoms. The minimum Gasteiger partial charge on any atom is -0.481 e. The van der Waals surface area contributed by atoms with E-state index in [4.69, 9.17) is 5.11 Å². The highest BCUT2D eigenvalue weighted by Crippen LogP contribution is 2.16. The van der Waals surface area contributed by atoms with Gasteiger partial charge in [0.15, 0.2) is 0 Å². The van der Waals surface area contributed by atoms with Crippen LogP contribution in [0.5, 0.6) is 0 Å². The highest BCUT2D eigenvalue weighted by atomic mass is 16.4. The molecule has 0 aliphatic rings. The number of hydrogen-bond donors (Lipinski definition) is 2. The molecule has 0 amide bonds. The Morgan fingerprint density at radius 1 is 0.485 bits per heavy atom. The normalized spacial score (nSPS) is 12.3. The summed E-state index contributed by atoms with van der Waals surface area (Å²) in [4.78, 5) is 10.5. The predicted octanol–water partition coefficient (Wildman–Crippen LogP) is 9.98. The lowest BCUT2D eigenvalue weighted by molar-refractivity contribution is -0.137. The van der Waals surface area contributed by atoms with E-state index in [9.17, 15) is 9.90 Å². The Labute approximate surface area is 207 Å². The Kier molecular flexibility index (Phi) is 27.2. The molecule has 0 saturated heterocycles. The van der Waals surface area contributed by atoms with Crippen LogP contribution in [0, 0.1) is 0 Å². The highest BCUT2D eigenvalue weighted by molar-refractivity contribution is 5.66. The van der Waals surface area contributed by atoms with Gasteiger partial charge in [-0.25, -0.2) is 0 Å². The summed E-state index contributed by atoms with van der Waals surface area (Å²) in [5.74, 6) is -0.811. The summed E-state index contributed by atoms with van der Waals surface area (Å²) in [5.41, 5.74) is 0. The van der Waals surface area contributed by atoms with Gasteiger partial charge < -0.3 is 10.2 Å². The van der Waals surface area contributed by atoms with E-state index >= 15 is 0 Å². The van der Waals surface area contributed by atoms with Crippen molar-refractivity contribution in [1.29, 1.82) is 0 Å². The standard InChI is InChI=1S/C30H60O3/c1-2-3-4-5-6-7-8-9-10-11-12-13-14-15-16-17-18-19-20-21-22-23-24-25-26-29(31)27-28-30(32)33/h29,31H,2-28H2,1H3,(H,32,33). The van der Waals surface area contributed by atoms with Crippen molar-refractivity contribution < 1.29 is 15.0 Å². The van der Waals surface area contributed by atoms with Crippen LogP contribution in [0.1, 0.15) is 180 Å². The molecule has 3 heteroatoms. The van der Waals surface area contributed by atoms with Gasteiger partial charge in [-0.1, -0.05) is 161 Å². The van der Waals surface area contributed by atoms with Crippen molar-refractivity contribution >= 4 is 5.97 Å². The number of carbonyl (C=O) groups is 1. The summed E-state index contributed by atoms with van der Waals surface area (Å²) in [5, 5.41) is 18.3. The predicted molar refractivity (Wildman–Crippen MR) is 144 cm³/mol. The zero-order valence-corrected chi connectivity index (χ0v) is 22.5. The van der Waals surface area contributed by atoms with Crippen molar-refractivity contribution in [3.05, 3.63) is 0 Å². The average Bonchev–Trinajstić information content (AvgIpc) is 2.80. The van der Waals surface area contributed by atoms with Crippen LogP contribution in [0.25, 0.3) is 0 Å².